The minimum absolute atomic E-state index is 0.00521. The Hall–Kier alpha value is -1.13. The van der Waals surface area contributed by atoms with Crippen molar-refractivity contribution in [3.63, 3.8) is 0 Å². The molecule has 4 nitrogen and oxygen atoms in total. The van der Waals surface area contributed by atoms with Gasteiger partial charge in [0, 0.05) is 35.0 Å². The lowest BCUT2D eigenvalue weighted by Crippen LogP contribution is -2.54. The highest BCUT2D eigenvalue weighted by molar-refractivity contribution is 6.24. The molecular formula is C19H25ClN2O2. The lowest BCUT2D eigenvalue weighted by molar-refractivity contribution is -0.0336. The summed E-state index contributed by atoms with van der Waals surface area (Å²) in [5.74, 6) is 1.65. The molecule has 2 atom stereocenters. The first-order chi connectivity index (χ1) is 11.4. The Kier molecular flexibility index (Phi) is 3.88. The lowest BCUT2D eigenvalue weighted by Gasteiger charge is -2.59. The molecule has 0 radical (unpaired) electrons. The normalized spacial score (nSPS) is 37.5. The van der Waals surface area contributed by atoms with E-state index in [1.807, 2.05) is 0 Å². The van der Waals surface area contributed by atoms with Gasteiger partial charge in [0.1, 0.15) is 5.75 Å². The van der Waals surface area contributed by atoms with Crippen LogP contribution in [0.3, 0.4) is 0 Å². The van der Waals surface area contributed by atoms with Gasteiger partial charge in [-0.05, 0) is 62.7 Å². The first-order valence-corrected chi connectivity index (χ1v) is 9.27. The van der Waals surface area contributed by atoms with Crippen LogP contribution in [-0.4, -0.2) is 32.8 Å². The van der Waals surface area contributed by atoms with E-state index in [9.17, 15) is 10.2 Å². The number of aliphatic hydroxyl groups is 1. The summed E-state index contributed by atoms with van der Waals surface area (Å²) in [6.07, 6.45) is 10.6. The van der Waals surface area contributed by atoms with Gasteiger partial charge in [-0.15, -0.1) is 11.6 Å². The number of aliphatic imine (C=N–C) groups is 1. The molecule has 4 bridgehead atoms. The van der Waals surface area contributed by atoms with E-state index in [-0.39, 0.29) is 22.6 Å². The number of hydrogen-bond acceptors (Lipinski definition) is 4. The maximum atomic E-state index is 10.2. The fourth-order valence-electron chi connectivity index (χ4n) is 5.77. The van der Waals surface area contributed by atoms with Gasteiger partial charge in [-0.25, -0.2) is 0 Å². The monoisotopic (exact) mass is 348 g/mol. The van der Waals surface area contributed by atoms with Crippen LogP contribution in [0.2, 0.25) is 0 Å². The fraction of sp³-hybridized carbons (Fsp3) is 0.684. The number of hydrogen-bond donors (Lipinski definition) is 2. The molecule has 5 rings (SSSR count). The Morgan fingerprint density at radius 2 is 2.04 bits per heavy atom. The summed E-state index contributed by atoms with van der Waals surface area (Å²) in [7, 11) is 0. The molecule has 1 aromatic rings. The minimum Gasteiger partial charge on any atom is -0.505 e. The molecule has 0 unspecified atom stereocenters. The van der Waals surface area contributed by atoms with Crippen LogP contribution in [-0.2, 0) is 6.61 Å². The SMILES string of the molecule is Cc1ncc(CO)c(C=NCC23C[C@@H]4C[C@H](CC(Cl)(C4)C2)C3)c1O. The summed E-state index contributed by atoms with van der Waals surface area (Å²) >= 11 is 6.88. The average Bonchev–Trinajstić information content (AvgIpc) is 2.49. The number of pyridine rings is 1. The number of aromatic hydroxyl groups is 1. The quantitative estimate of drug-likeness (QED) is 0.645. The van der Waals surface area contributed by atoms with E-state index in [1.165, 1.54) is 32.1 Å². The van der Waals surface area contributed by atoms with E-state index >= 15 is 0 Å². The van der Waals surface area contributed by atoms with Crippen molar-refractivity contribution >= 4 is 17.8 Å². The number of halogens is 1. The van der Waals surface area contributed by atoms with Crippen LogP contribution < -0.4 is 0 Å². The standard InChI is InChI=1S/C19H25ClN2O2/c1-12-17(24)16(15(9-23)7-22-12)8-21-11-18-3-13-2-14(4-18)6-19(20,5-13)10-18/h7-8,13-14,23-24H,2-6,9-11H2,1H3/t13-,14-,18?,19?/m0/s1. The van der Waals surface area contributed by atoms with E-state index < -0.39 is 0 Å². The molecule has 0 spiro atoms. The Bertz CT molecular complexity index is 674. The van der Waals surface area contributed by atoms with Crippen LogP contribution in [0.5, 0.6) is 5.75 Å². The van der Waals surface area contributed by atoms with E-state index in [2.05, 4.69) is 4.98 Å². The topological polar surface area (TPSA) is 65.7 Å². The van der Waals surface area contributed by atoms with E-state index in [0.29, 0.717) is 16.8 Å². The van der Waals surface area contributed by atoms with Crippen molar-refractivity contribution in [2.75, 3.05) is 6.54 Å². The summed E-state index contributed by atoms with van der Waals surface area (Å²) in [6, 6.07) is 0. The van der Waals surface area contributed by atoms with Gasteiger partial charge < -0.3 is 10.2 Å². The van der Waals surface area contributed by atoms with E-state index in [0.717, 1.165) is 24.8 Å². The van der Waals surface area contributed by atoms with Crippen molar-refractivity contribution in [3.8, 4) is 5.75 Å². The molecule has 4 saturated carbocycles. The zero-order valence-electron chi connectivity index (χ0n) is 14.1. The second kappa shape index (κ2) is 5.70. The highest BCUT2D eigenvalue weighted by Crippen LogP contribution is 2.63. The van der Waals surface area contributed by atoms with Gasteiger partial charge in [0.2, 0.25) is 0 Å². The van der Waals surface area contributed by atoms with Crippen molar-refractivity contribution in [1.82, 2.24) is 4.98 Å². The second-order valence-corrected chi connectivity index (χ2v) is 9.17. The smallest absolute Gasteiger partial charge is 0.145 e. The molecule has 5 heteroatoms. The Labute approximate surface area is 148 Å². The van der Waals surface area contributed by atoms with Gasteiger partial charge in [-0.2, -0.15) is 0 Å². The maximum absolute atomic E-state index is 10.2. The summed E-state index contributed by atoms with van der Waals surface area (Å²) in [5, 5.41) is 19.7. The number of alkyl halides is 1. The van der Waals surface area contributed by atoms with Crippen molar-refractivity contribution in [3.05, 3.63) is 23.0 Å². The van der Waals surface area contributed by atoms with Crippen LogP contribution in [0.1, 0.15) is 55.3 Å². The summed E-state index contributed by atoms with van der Waals surface area (Å²) in [4.78, 5) is 8.79. The Balaban J connectivity index is 1.55. The van der Waals surface area contributed by atoms with Crippen LogP contribution >= 0.6 is 11.6 Å². The van der Waals surface area contributed by atoms with Gasteiger partial charge >= 0.3 is 0 Å². The molecule has 0 aromatic carbocycles. The minimum atomic E-state index is -0.151. The molecule has 4 fully saturated rings. The third-order valence-corrected chi connectivity index (χ3v) is 6.73. The average molecular weight is 349 g/mol. The molecule has 0 saturated heterocycles. The van der Waals surface area contributed by atoms with Crippen LogP contribution in [0.25, 0.3) is 0 Å². The van der Waals surface area contributed by atoms with E-state index in [1.54, 1.807) is 19.3 Å². The zero-order chi connectivity index (χ0) is 16.9. The van der Waals surface area contributed by atoms with Crippen LogP contribution in [0.4, 0.5) is 0 Å². The number of rotatable bonds is 4. The predicted octanol–water partition coefficient (Wildman–Crippen LogP) is 3.58. The maximum Gasteiger partial charge on any atom is 0.145 e. The zero-order valence-corrected chi connectivity index (χ0v) is 14.9. The first-order valence-electron chi connectivity index (χ1n) is 8.89. The van der Waals surface area contributed by atoms with Gasteiger partial charge in [0.15, 0.2) is 0 Å². The Morgan fingerprint density at radius 3 is 2.67 bits per heavy atom. The highest BCUT2D eigenvalue weighted by atomic mass is 35.5. The third-order valence-electron chi connectivity index (χ3n) is 6.29. The second-order valence-electron chi connectivity index (χ2n) is 8.37. The molecule has 0 amide bonds. The first kappa shape index (κ1) is 16.3. The number of nitrogens with zero attached hydrogens (tertiary/aromatic N) is 2. The lowest BCUT2D eigenvalue weighted by atomic mass is 9.49. The van der Waals surface area contributed by atoms with Gasteiger partial charge in [0.05, 0.1) is 12.3 Å². The van der Waals surface area contributed by atoms with Crippen LogP contribution in [0.15, 0.2) is 11.2 Å². The summed E-state index contributed by atoms with van der Waals surface area (Å²) in [5.41, 5.74) is 2.00. The number of aromatic nitrogens is 1. The van der Waals surface area contributed by atoms with Crippen molar-refractivity contribution in [2.45, 2.75) is 56.9 Å². The van der Waals surface area contributed by atoms with Gasteiger partial charge in [-0.3, -0.25) is 9.98 Å². The molecule has 1 heterocycles. The summed E-state index contributed by atoms with van der Waals surface area (Å²) < 4.78 is 0. The Morgan fingerprint density at radius 1 is 1.33 bits per heavy atom. The molecule has 4 aliphatic rings. The molecule has 24 heavy (non-hydrogen) atoms. The van der Waals surface area contributed by atoms with Gasteiger partial charge in [0.25, 0.3) is 0 Å². The third kappa shape index (κ3) is 2.74. The molecule has 1 aromatic heterocycles. The number of aryl methyl sites for hydroxylation is 1. The highest BCUT2D eigenvalue weighted by Gasteiger charge is 2.56. The van der Waals surface area contributed by atoms with E-state index in [4.69, 9.17) is 16.6 Å². The number of aliphatic hydroxyl groups excluding tert-OH is 1. The fourth-order valence-corrected chi connectivity index (χ4v) is 6.49. The largest absolute Gasteiger partial charge is 0.505 e. The van der Waals surface area contributed by atoms with Crippen molar-refractivity contribution in [2.24, 2.45) is 22.2 Å². The summed E-state index contributed by atoms with van der Waals surface area (Å²) in [6.45, 7) is 2.37. The predicted molar refractivity (Wildman–Crippen MR) is 94.7 cm³/mol. The molecule has 0 aliphatic heterocycles. The molecule has 2 N–H and O–H groups in total. The van der Waals surface area contributed by atoms with Crippen molar-refractivity contribution < 1.29 is 10.2 Å². The molecular weight excluding hydrogens is 324 g/mol. The van der Waals surface area contributed by atoms with Crippen molar-refractivity contribution in [1.29, 1.82) is 0 Å². The van der Waals surface area contributed by atoms with Crippen LogP contribution in [0, 0.1) is 24.2 Å². The van der Waals surface area contributed by atoms with Gasteiger partial charge in [-0.1, -0.05) is 0 Å². The molecule has 130 valence electrons. The molecule has 4 aliphatic carbocycles.